The molecule has 0 fully saturated rings. The zero-order valence-corrected chi connectivity index (χ0v) is 14.4. The van der Waals surface area contributed by atoms with Gasteiger partial charge in [-0.05, 0) is 36.5 Å². The van der Waals surface area contributed by atoms with E-state index in [9.17, 15) is 0 Å². The maximum absolute atomic E-state index is 6.66. The third kappa shape index (κ3) is 2.36. The molecule has 2 aliphatic carbocycles. The topological polar surface area (TPSA) is 29.3 Å². The van der Waals surface area contributed by atoms with Gasteiger partial charge >= 0.3 is 0 Å². The molecule has 2 heteroatoms. The van der Waals surface area contributed by atoms with E-state index in [0.29, 0.717) is 18.0 Å². The molecule has 126 valence electrons. The van der Waals surface area contributed by atoms with Gasteiger partial charge < -0.3 is 10.6 Å². The molecule has 2 nitrogen and oxygen atoms in total. The monoisotopic (exact) mass is 328 g/mol. The molecule has 0 saturated heterocycles. The lowest BCUT2D eigenvalue weighted by atomic mass is 9.75. The van der Waals surface area contributed by atoms with E-state index in [2.05, 4.69) is 77.7 Å². The molecular weight excluding hydrogens is 304 g/mol. The van der Waals surface area contributed by atoms with Crippen molar-refractivity contribution < 1.29 is 0 Å². The summed E-state index contributed by atoms with van der Waals surface area (Å²) in [6.45, 7) is 0. The highest BCUT2D eigenvalue weighted by atomic mass is 15.2. The minimum Gasteiger partial charge on any atom is -0.361 e. The summed E-state index contributed by atoms with van der Waals surface area (Å²) >= 11 is 0. The molecule has 3 aliphatic rings. The number of nitrogens with zero attached hydrogens (tertiary/aromatic N) is 1. The van der Waals surface area contributed by atoms with Gasteiger partial charge in [0, 0.05) is 29.3 Å². The summed E-state index contributed by atoms with van der Waals surface area (Å²) in [5.41, 5.74) is 12.2. The zero-order chi connectivity index (χ0) is 16.8. The fraction of sp³-hybridized carbons (Fsp3) is 0.304. The first-order chi connectivity index (χ1) is 12.3. The molecule has 2 aromatic carbocycles. The van der Waals surface area contributed by atoms with Crippen molar-refractivity contribution in [2.24, 2.45) is 11.7 Å². The predicted molar refractivity (Wildman–Crippen MR) is 104 cm³/mol. The van der Waals surface area contributed by atoms with E-state index >= 15 is 0 Å². The van der Waals surface area contributed by atoms with Gasteiger partial charge in [0.1, 0.15) is 0 Å². The van der Waals surface area contributed by atoms with Crippen molar-refractivity contribution in [2.75, 3.05) is 4.90 Å². The summed E-state index contributed by atoms with van der Waals surface area (Å²) in [5.74, 6) is 0.378. The van der Waals surface area contributed by atoms with Crippen LogP contribution in [-0.2, 0) is 0 Å². The molecule has 1 heterocycles. The van der Waals surface area contributed by atoms with Gasteiger partial charge in [0.25, 0.3) is 0 Å². The van der Waals surface area contributed by atoms with Crippen LogP contribution in [0, 0.1) is 5.92 Å². The van der Waals surface area contributed by atoms with Gasteiger partial charge in [0.05, 0.1) is 6.04 Å². The molecule has 5 rings (SSSR count). The van der Waals surface area contributed by atoms with Crippen molar-refractivity contribution in [1.29, 1.82) is 0 Å². The van der Waals surface area contributed by atoms with E-state index in [0.717, 1.165) is 0 Å². The van der Waals surface area contributed by atoms with Crippen LogP contribution in [-0.4, -0.2) is 12.1 Å². The SMILES string of the molecule is NC(c1ccccc1)C1C=C[C@H]1N1c2ccccc2C2=CCCC1C2. The smallest absolute Gasteiger partial charge is 0.0557 e. The van der Waals surface area contributed by atoms with E-state index in [-0.39, 0.29) is 6.04 Å². The number of nitrogens with two attached hydrogens (primary N) is 1. The summed E-state index contributed by atoms with van der Waals surface area (Å²) in [7, 11) is 0. The van der Waals surface area contributed by atoms with E-state index < -0.39 is 0 Å². The Bertz CT molecular complexity index is 836. The minimum absolute atomic E-state index is 0.0592. The Balaban J connectivity index is 1.50. The first kappa shape index (κ1) is 15.0. The average molecular weight is 328 g/mol. The lowest BCUT2D eigenvalue weighted by Gasteiger charge is -2.51. The zero-order valence-electron chi connectivity index (χ0n) is 14.4. The van der Waals surface area contributed by atoms with Gasteiger partial charge in [-0.25, -0.2) is 0 Å². The lowest BCUT2D eigenvalue weighted by Crippen LogP contribution is -2.53. The molecule has 0 radical (unpaired) electrons. The Morgan fingerprint density at radius 2 is 1.76 bits per heavy atom. The average Bonchev–Trinajstić information content (AvgIpc) is 2.65. The van der Waals surface area contributed by atoms with Crippen molar-refractivity contribution in [1.82, 2.24) is 0 Å². The number of anilines is 1. The van der Waals surface area contributed by atoms with E-state index in [1.165, 1.54) is 41.6 Å². The second-order valence-electron chi connectivity index (χ2n) is 7.48. The van der Waals surface area contributed by atoms with Crippen molar-refractivity contribution in [3.8, 4) is 0 Å². The Hall–Kier alpha value is -2.32. The first-order valence-corrected chi connectivity index (χ1v) is 9.38. The van der Waals surface area contributed by atoms with E-state index in [4.69, 9.17) is 5.73 Å². The van der Waals surface area contributed by atoms with Crippen LogP contribution in [0.25, 0.3) is 5.57 Å². The summed E-state index contributed by atoms with van der Waals surface area (Å²) in [5, 5.41) is 0. The Morgan fingerprint density at radius 3 is 2.56 bits per heavy atom. The van der Waals surface area contributed by atoms with Crippen LogP contribution in [0.5, 0.6) is 0 Å². The molecule has 3 unspecified atom stereocenters. The molecule has 2 bridgehead atoms. The van der Waals surface area contributed by atoms with Crippen LogP contribution >= 0.6 is 0 Å². The number of rotatable bonds is 3. The predicted octanol–water partition coefficient (Wildman–Crippen LogP) is 4.70. The number of hydrogen-bond acceptors (Lipinski definition) is 2. The maximum atomic E-state index is 6.66. The molecule has 1 aliphatic heterocycles. The van der Waals surface area contributed by atoms with Gasteiger partial charge in [-0.2, -0.15) is 0 Å². The third-order valence-corrected chi connectivity index (χ3v) is 6.11. The largest absolute Gasteiger partial charge is 0.361 e. The number of allylic oxidation sites excluding steroid dienone is 1. The molecular formula is C23H24N2. The molecule has 4 atom stereocenters. The van der Waals surface area contributed by atoms with Crippen LogP contribution in [0.4, 0.5) is 5.69 Å². The number of hydrogen-bond donors (Lipinski definition) is 1. The second-order valence-corrected chi connectivity index (χ2v) is 7.48. The summed E-state index contributed by atoms with van der Waals surface area (Å²) in [4.78, 5) is 2.67. The molecule has 0 aromatic heterocycles. The highest BCUT2D eigenvalue weighted by Crippen LogP contribution is 2.47. The highest BCUT2D eigenvalue weighted by molar-refractivity contribution is 5.82. The molecule has 0 saturated carbocycles. The van der Waals surface area contributed by atoms with Crippen LogP contribution in [0.1, 0.15) is 36.4 Å². The van der Waals surface area contributed by atoms with Gasteiger partial charge in [0.2, 0.25) is 0 Å². The van der Waals surface area contributed by atoms with Crippen molar-refractivity contribution >= 4 is 11.3 Å². The molecule has 2 aromatic rings. The Morgan fingerprint density at radius 1 is 0.960 bits per heavy atom. The maximum Gasteiger partial charge on any atom is 0.0557 e. The summed E-state index contributed by atoms with van der Waals surface area (Å²) in [6, 6.07) is 20.5. The first-order valence-electron chi connectivity index (χ1n) is 9.38. The fourth-order valence-electron chi connectivity index (χ4n) is 4.76. The Kier molecular flexibility index (Phi) is 3.53. The number of para-hydroxylation sites is 1. The normalized spacial score (nSPS) is 28.0. The van der Waals surface area contributed by atoms with Gasteiger partial charge in [-0.1, -0.05) is 66.8 Å². The van der Waals surface area contributed by atoms with Gasteiger partial charge in [-0.3, -0.25) is 0 Å². The van der Waals surface area contributed by atoms with Crippen molar-refractivity contribution in [3.63, 3.8) is 0 Å². The summed E-state index contributed by atoms with van der Waals surface area (Å²) in [6.07, 6.45) is 10.7. The quantitative estimate of drug-likeness (QED) is 0.828. The van der Waals surface area contributed by atoms with E-state index in [1.807, 2.05) is 0 Å². The number of benzene rings is 2. The molecule has 0 spiro atoms. The summed E-state index contributed by atoms with van der Waals surface area (Å²) < 4.78 is 0. The van der Waals surface area contributed by atoms with Gasteiger partial charge in [-0.15, -0.1) is 0 Å². The minimum atomic E-state index is 0.0592. The lowest BCUT2D eigenvalue weighted by molar-refractivity contribution is 0.375. The molecule has 0 amide bonds. The second kappa shape index (κ2) is 5.89. The third-order valence-electron chi connectivity index (χ3n) is 6.11. The van der Waals surface area contributed by atoms with Crippen molar-refractivity contribution in [3.05, 3.63) is 84.0 Å². The highest BCUT2D eigenvalue weighted by Gasteiger charge is 2.41. The molecule has 2 N–H and O–H groups in total. The van der Waals surface area contributed by atoms with E-state index in [1.54, 1.807) is 0 Å². The van der Waals surface area contributed by atoms with Crippen LogP contribution in [0.3, 0.4) is 0 Å². The van der Waals surface area contributed by atoms with Crippen LogP contribution in [0.2, 0.25) is 0 Å². The van der Waals surface area contributed by atoms with Crippen molar-refractivity contribution in [2.45, 2.75) is 37.4 Å². The number of fused-ring (bicyclic) bond motifs is 4. The fourth-order valence-corrected chi connectivity index (χ4v) is 4.76. The Labute approximate surface area is 149 Å². The van der Waals surface area contributed by atoms with Gasteiger partial charge in [0.15, 0.2) is 0 Å². The van der Waals surface area contributed by atoms with Crippen LogP contribution < -0.4 is 10.6 Å². The van der Waals surface area contributed by atoms with Crippen LogP contribution in [0.15, 0.2) is 72.8 Å². The standard InChI is InChI=1S/C23H24N2/c24-23(16-7-2-1-3-8-16)20-13-14-22(20)25-18-10-6-9-17(15-18)19-11-4-5-12-21(19)25/h1-5,7-9,11-14,18,20,22-23H,6,10,15,24H2/t18?,20?,22-,23?/m1/s1. The molecule has 25 heavy (non-hydrogen) atoms.